The summed E-state index contributed by atoms with van der Waals surface area (Å²) >= 11 is 0. The van der Waals surface area contributed by atoms with Crippen LogP contribution in [-0.4, -0.2) is 26.9 Å². The van der Waals surface area contributed by atoms with Crippen molar-refractivity contribution in [3.05, 3.63) is 29.8 Å². The number of hydrogen-bond acceptors (Lipinski definition) is 3. The third-order valence-corrected chi connectivity index (χ3v) is 4.88. The van der Waals surface area contributed by atoms with E-state index in [0.29, 0.717) is 18.0 Å². The molecule has 1 rings (SSSR count). The van der Waals surface area contributed by atoms with Crippen LogP contribution in [0.1, 0.15) is 50.9 Å². The number of amides is 1. The van der Waals surface area contributed by atoms with Gasteiger partial charge < -0.3 is 5.32 Å². The van der Waals surface area contributed by atoms with Crippen molar-refractivity contribution in [1.29, 1.82) is 0 Å². The summed E-state index contributed by atoms with van der Waals surface area (Å²) in [5.41, 5.74) is 0.465. The highest BCUT2D eigenvalue weighted by molar-refractivity contribution is 7.89. The van der Waals surface area contributed by atoms with Crippen molar-refractivity contribution < 1.29 is 13.2 Å². The quantitative estimate of drug-likeness (QED) is 0.771. The fourth-order valence-electron chi connectivity index (χ4n) is 2.02. The summed E-state index contributed by atoms with van der Waals surface area (Å²) in [5.74, 6) is 0.429. The Labute approximate surface area is 133 Å². The molecule has 1 aromatic carbocycles. The molecule has 0 radical (unpaired) electrons. The van der Waals surface area contributed by atoms with Gasteiger partial charge in [-0.2, -0.15) is 0 Å². The van der Waals surface area contributed by atoms with Crippen molar-refractivity contribution in [2.45, 2.75) is 51.5 Å². The van der Waals surface area contributed by atoms with Crippen molar-refractivity contribution in [2.75, 3.05) is 6.54 Å². The van der Waals surface area contributed by atoms with E-state index in [9.17, 15) is 13.2 Å². The van der Waals surface area contributed by atoms with E-state index in [2.05, 4.69) is 23.9 Å². The van der Waals surface area contributed by atoms with Gasteiger partial charge in [0.2, 0.25) is 10.0 Å². The van der Waals surface area contributed by atoms with Gasteiger partial charge in [-0.05, 0) is 49.9 Å². The van der Waals surface area contributed by atoms with Gasteiger partial charge in [0.25, 0.3) is 5.91 Å². The monoisotopic (exact) mass is 326 g/mol. The predicted molar refractivity (Wildman–Crippen MR) is 88.3 cm³/mol. The van der Waals surface area contributed by atoms with Gasteiger partial charge in [-0.25, -0.2) is 13.1 Å². The van der Waals surface area contributed by atoms with Crippen molar-refractivity contribution in [1.82, 2.24) is 10.0 Å². The van der Waals surface area contributed by atoms with Crippen LogP contribution in [0, 0.1) is 5.92 Å². The zero-order valence-corrected chi connectivity index (χ0v) is 14.5. The van der Waals surface area contributed by atoms with Crippen LogP contribution in [0.5, 0.6) is 0 Å². The molecule has 0 aliphatic carbocycles. The van der Waals surface area contributed by atoms with E-state index in [1.807, 2.05) is 6.92 Å². The van der Waals surface area contributed by atoms with Crippen molar-refractivity contribution in [3.8, 4) is 0 Å². The number of rotatable bonds is 8. The fourth-order valence-corrected chi connectivity index (χ4v) is 3.06. The Hall–Kier alpha value is -1.40. The first-order valence-electron chi connectivity index (χ1n) is 7.66. The Morgan fingerprint density at radius 1 is 1.09 bits per heavy atom. The minimum atomic E-state index is -3.48. The lowest BCUT2D eigenvalue weighted by atomic mass is 10.0. The average molecular weight is 326 g/mol. The number of nitrogens with one attached hydrogen (secondary N) is 2. The summed E-state index contributed by atoms with van der Waals surface area (Å²) in [6, 6.07) is 6.07. The van der Waals surface area contributed by atoms with Crippen molar-refractivity contribution in [3.63, 3.8) is 0 Å². The molecule has 0 spiro atoms. The minimum Gasteiger partial charge on any atom is -0.350 e. The summed E-state index contributed by atoms with van der Waals surface area (Å²) < 4.78 is 26.1. The van der Waals surface area contributed by atoms with Gasteiger partial charge in [-0.15, -0.1) is 0 Å². The van der Waals surface area contributed by atoms with Crippen molar-refractivity contribution in [2.24, 2.45) is 5.92 Å². The van der Waals surface area contributed by atoms with Crippen LogP contribution in [0.15, 0.2) is 29.2 Å². The number of carbonyl (C=O) groups is 1. The molecule has 1 aromatic rings. The maximum atomic E-state index is 12.1. The highest BCUT2D eigenvalue weighted by atomic mass is 32.2. The summed E-state index contributed by atoms with van der Waals surface area (Å²) in [6.07, 6.45) is 1.98. The van der Waals surface area contributed by atoms with Gasteiger partial charge in [0, 0.05) is 18.2 Å². The molecule has 5 nitrogen and oxygen atoms in total. The van der Waals surface area contributed by atoms with Crippen molar-refractivity contribution >= 4 is 15.9 Å². The second-order valence-electron chi connectivity index (χ2n) is 5.87. The number of hydrogen-bond donors (Lipinski definition) is 2. The van der Waals surface area contributed by atoms with Crippen LogP contribution in [0.4, 0.5) is 0 Å². The first kappa shape index (κ1) is 18.6. The average Bonchev–Trinajstić information content (AvgIpc) is 2.45. The summed E-state index contributed by atoms with van der Waals surface area (Å²) in [5, 5.41) is 2.93. The maximum Gasteiger partial charge on any atom is 0.251 e. The summed E-state index contributed by atoms with van der Waals surface area (Å²) in [6.45, 7) is 8.33. The zero-order chi connectivity index (χ0) is 16.8. The van der Waals surface area contributed by atoms with E-state index < -0.39 is 10.0 Å². The lowest BCUT2D eigenvalue weighted by Crippen LogP contribution is -2.32. The van der Waals surface area contributed by atoms with E-state index in [0.717, 1.165) is 12.8 Å². The molecule has 0 saturated carbocycles. The SMILES string of the molecule is CCNS(=O)(=O)c1ccc(C(=O)NC(C)CCC(C)C)cc1. The third-order valence-electron chi connectivity index (χ3n) is 3.32. The van der Waals surface area contributed by atoms with E-state index >= 15 is 0 Å². The molecule has 0 aliphatic heterocycles. The van der Waals surface area contributed by atoms with E-state index in [-0.39, 0.29) is 16.8 Å². The van der Waals surface area contributed by atoms with Crippen LogP contribution < -0.4 is 10.0 Å². The highest BCUT2D eigenvalue weighted by Crippen LogP contribution is 2.11. The van der Waals surface area contributed by atoms with Gasteiger partial charge in [0.15, 0.2) is 0 Å². The molecule has 0 bridgehead atoms. The summed E-state index contributed by atoms with van der Waals surface area (Å²) in [4.78, 5) is 12.3. The van der Waals surface area contributed by atoms with Crippen LogP contribution >= 0.6 is 0 Å². The molecule has 0 saturated heterocycles. The smallest absolute Gasteiger partial charge is 0.251 e. The zero-order valence-electron chi connectivity index (χ0n) is 13.7. The number of benzene rings is 1. The van der Waals surface area contributed by atoms with E-state index in [4.69, 9.17) is 0 Å². The largest absolute Gasteiger partial charge is 0.350 e. The third kappa shape index (κ3) is 5.77. The van der Waals surface area contributed by atoms with E-state index in [1.165, 1.54) is 24.3 Å². The molecule has 1 atom stereocenters. The molecular weight excluding hydrogens is 300 g/mol. The molecule has 1 amide bonds. The van der Waals surface area contributed by atoms with E-state index in [1.54, 1.807) is 6.92 Å². The highest BCUT2D eigenvalue weighted by Gasteiger charge is 2.14. The predicted octanol–water partition coefficient (Wildman–Crippen LogP) is 2.54. The van der Waals surface area contributed by atoms with Crippen LogP contribution in [0.2, 0.25) is 0 Å². The van der Waals surface area contributed by atoms with Crippen LogP contribution in [0.25, 0.3) is 0 Å². The van der Waals surface area contributed by atoms with Gasteiger partial charge in [-0.3, -0.25) is 4.79 Å². The molecule has 0 aromatic heterocycles. The Kier molecular flexibility index (Phi) is 7.03. The second-order valence-corrected chi connectivity index (χ2v) is 7.64. The van der Waals surface area contributed by atoms with Gasteiger partial charge >= 0.3 is 0 Å². The lowest BCUT2D eigenvalue weighted by Gasteiger charge is -2.15. The molecule has 2 N–H and O–H groups in total. The molecule has 22 heavy (non-hydrogen) atoms. The minimum absolute atomic E-state index is 0.0973. The standard InChI is InChI=1S/C16H26N2O3S/c1-5-17-22(20,21)15-10-8-14(9-11-15)16(19)18-13(4)7-6-12(2)3/h8-13,17H,5-7H2,1-4H3,(H,18,19). The number of carbonyl (C=O) groups excluding carboxylic acids is 1. The maximum absolute atomic E-state index is 12.1. The van der Waals surface area contributed by atoms with Gasteiger partial charge in [-0.1, -0.05) is 20.8 Å². The topological polar surface area (TPSA) is 75.3 Å². The first-order valence-corrected chi connectivity index (χ1v) is 9.15. The van der Waals surface area contributed by atoms with Gasteiger partial charge in [0.05, 0.1) is 4.90 Å². The lowest BCUT2D eigenvalue weighted by molar-refractivity contribution is 0.0937. The second kappa shape index (κ2) is 8.29. The van der Waals surface area contributed by atoms with Gasteiger partial charge in [0.1, 0.15) is 0 Å². The van der Waals surface area contributed by atoms with Crippen LogP contribution in [-0.2, 0) is 10.0 Å². The molecule has 6 heteroatoms. The molecule has 0 aliphatic rings. The first-order chi connectivity index (χ1) is 10.3. The Morgan fingerprint density at radius 3 is 2.18 bits per heavy atom. The molecule has 0 heterocycles. The Bertz CT molecular complexity index is 580. The molecule has 1 unspecified atom stereocenters. The normalized spacial score (nSPS) is 13.1. The molecule has 124 valence electrons. The Morgan fingerprint density at radius 2 is 1.68 bits per heavy atom. The molecular formula is C16H26N2O3S. The Balaban J connectivity index is 2.68. The fraction of sp³-hybridized carbons (Fsp3) is 0.562. The number of sulfonamides is 1. The summed E-state index contributed by atoms with van der Waals surface area (Å²) in [7, 11) is -3.48. The molecule has 0 fully saturated rings. The van der Waals surface area contributed by atoms with Crippen LogP contribution in [0.3, 0.4) is 0 Å².